The van der Waals surface area contributed by atoms with Crippen LogP contribution < -0.4 is 22.1 Å². The van der Waals surface area contributed by atoms with E-state index in [1.54, 1.807) is 17.8 Å². The third-order valence-corrected chi connectivity index (χ3v) is 5.78. The first kappa shape index (κ1) is 35.1. The van der Waals surface area contributed by atoms with Crippen molar-refractivity contribution in [3.63, 3.8) is 0 Å². The monoisotopic (exact) mass is 596 g/mol. The molecule has 41 heavy (non-hydrogen) atoms. The van der Waals surface area contributed by atoms with E-state index in [2.05, 4.69) is 0 Å². The molecule has 0 saturated heterocycles. The van der Waals surface area contributed by atoms with Crippen LogP contribution in [0.5, 0.6) is 0 Å². The Kier molecular flexibility index (Phi) is 13.5. The molecule has 2 rings (SSSR count). The summed E-state index contributed by atoms with van der Waals surface area (Å²) in [6, 6.07) is 9.02. The molecule has 0 aliphatic rings. The molecule has 10 nitrogen and oxygen atoms in total. The topological polar surface area (TPSA) is 174 Å². The zero-order valence-electron chi connectivity index (χ0n) is 21.6. The third-order valence-electron chi connectivity index (χ3n) is 5.78. The molecule has 2 aromatic carbocycles. The molecule has 0 bridgehead atoms. The number of carboxylic acid groups (broad SMARTS) is 1. The summed E-state index contributed by atoms with van der Waals surface area (Å²) in [4.78, 5) is 33.1. The van der Waals surface area contributed by atoms with Crippen LogP contribution in [0.15, 0.2) is 48.5 Å². The van der Waals surface area contributed by atoms with Crippen molar-refractivity contribution in [3.05, 3.63) is 70.8 Å². The molecule has 228 valence electrons. The van der Waals surface area contributed by atoms with Crippen molar-refractivity contribution < 1.29 is 56.0 Å². The molecule has 8 N–H and O–H groups in total. The van der Waals surface area contributed by atoms with Crippen LogP contribution in [-0.2, 0) is 21.9 Å². The summed E-state index contributed by atoms with van der Waals surface area (Å²) in [5.41, 5.74) is 4.15. The summed E-state index contributed by atoms with van der Waals surface area (Å²) in [5.74, 6) is 1.96. The van der Waals surface area contributed by atoms with Crippen LogP contribution >= 0.6 is 0 Å². The number of nitrogens with two attached hydrogens (primary N) is 1. The molecule has 0 spiro atoms. The summed E-state index contributed by atoms with van der Waals surface area (Å²) >= 11 is 0. The van der Waals surface area contributed by atoms with Crippen LogP contribution in [0.25, 0.3) is 0 Å². The maximum absolute atomic E-state index is 12.7. The van der Waals surface area contributed by atoms with Crippen molar-refractivity contribution in [2.45, 2.75) is 56.5 Å². The first-order chi connectivity index (χ1) is 19.0. The molecular weight excluding hydrogens is 566 g/mol. The number of aliphatic hydroxyl groups is 2. The summed E-state index contributed by atoms with van der Waals surface area (Å²) < 4.78 is 75.9. The zero-order valence-corrected chi connectivity index (χ0v) is 21.6. The smallest absolute Gasteiger partial charge is 0.423 e. The van der Waals surface area contributed by atoms with Crippen LogP contribution in [0.3, 0.4) is 0 Å². The number of alkyl halides is 6. The van der Waals surface area contributed by atoms with Gasteiger partial charge < -0.3 is 15.3 Å². The van der Waals surface area contributed by atoms with Gasteiger partial charge in [0.05, 0.1) is 11.1 Å². The SMILES string of the molecule is CCC(c1cccc(C(F)(F)F)c1)C(O)C(=O)NN.O=C(O)NNC(=O)CC(CCO)c1cccc(C(F)(F)F)c1. The lowest BCUT2D eigenvalue weighted by Crippen LogP contribution is -2.42. The number of halogens is 6. The fourth-order valence-corrected chi connectivity index (χ4v) is 3.76. The fraction of sp³-hybridized carbons (Fsp3) is 0.400. The van der Waals surface area contributed by atoms with Crippen LogP contribution in [-0.4, -0.2) is 45.9 Å². The van der Waals surface area contributed by atoms with Gasteiger partial charge in [0, 0.05) is 18.9 Å². The van der Waals surface area contributed by atoms with Gasteiger partial charge in [-0.25, -0.2) is 16.1 Å². The lowest BCUT2D eigenvalue weighted by molar-refractivity contribution is -0.138. The number of rotatable bonds is 9. The Morgan fingerprint density at radius 1 is 0.902 bits per heavy atom. The lowest BCUT2D eigenvalue weighted by atomic mass is 9.89. The molecule has 2 aromatic rings. The first-order valence-electron chi connectivity index (χ1n) is 12.0. The van der Waals surface area contributed by atoms with Crippen molar-refractivity contribution in [1.29, 1.82) is 0 Å². The number of aliphatic hydroxyl groups excluding tert-OH is 2. The second-order valence-corrected chi connectivity index (χ2v) is 8.61. The number of hydrazine groups is 2. The van der Waals surface area contributed by atoms with Crippen LogP contribution in [0, 0.1) is 0 Å². The molecule has 0 aromatic heterocycles. The van der Waals surface area contributed by atoms with Crippen LogP contribution in [0.4, 0.5) is 31.1 Å². The number of benzene rings is 2. The number of carbonyl (C=O) groups is 3. The molecule has 3 unspecified atom stereocenters. The van der Waals surface area contributed by atoms with E-state index in [9.17, 15) is 45.8 Å². The van der Waals surface area contributed by atoms with Gasteiger partial charge in [-0.15, -0.1) is 0 Å². The summed E-state index contributed by atoms with van der Waals surface area (Å²) in [6.07, 6.45) is -11.8. The zero-order chi connectivity index (χ0) is 31.4. The lowest BCUT2D eigenvalue weighted by Gasteiger charge is -2.21. The maximum atomic E-state index is 12.7. The molecule has 0 heterocycles. The standard InChI is InChI=1S/C13H15F3N2O4.C12H15F3N2O2/c14-13(15,16)10-3-1-2-8(6-10)9(4-5-19)7-11(20)17-18-12(21)22;1-2-9(10(18)11(19)17-16)7-4-3-5-8(6-7)12(13,14)15/h1-3,6,9,18-19H,4-5,7H2,(H,17,20)(H,21,22);3-6,9-10,18H,2,16H2,1H3,(H,17,19). The molecule has 3 amide bonds. The highest BCUT2D eigenvalue weighted by Crippen LogP contribution is 2.34. The highest BCUT2D eigenvalue weighted by atomic mass is 19.4. The van der Waals surface area contributed by atoms with Gasteiger partial charge >= 0.3 is 18.4 Å². The van der Waals surface area contributed by atoms with E-state index in [1.807, 2.05) is 5.43 Å². The molecular formula is C25H30F6N4O6. The van der Waals surface area contributed by atoms with Crippen molar-refractivity contribution in [1.82, 2.24) is 16.3 Å². The Hall–Kier alpha value is -3.89. The van der Waals surface area contributed by atoms with E-state index >= 15 is 0 Å². The van der Waals surface area contributed by atoms with Crippen molar-refractivity contribution in [2.75, 3.05) is 6.61 Å². The predicted octanol–water partition coefficient (Wildman–Crippen LogP) is 3.41. The average Bonchev–Trinajstić information content (AvgIpc) is 2.91. The predicted molar refractivity (Wildman–Crippen MR) is 133 cm³/mol. The van der Waals surface area contributed by atoms with Crippen LogP contribution in [0.2, 0.25) is 0 Å². The van der Waals surface area contributed by atoms with Crippen LogP contribution in [0.1, 0.15) is 60.3 Å². The van der Waals surface area contributed by atoms with Gasteiger partial charge in [-0.3, -0.25) is 20.4 Å². The number of nitrogens with one attached hydrogen (secondary N) is 3. The van der Waals surface area contributed by atoms with Gasteiger partial charge in [-0.2, -0.15) is 26.3 Å². The Labute approximate surface area is 230 Å². The normalized spacial score (nSPS) is 13.6. The number of carbonyl (C=O) groups excluding carboxylic acids is 2. The van der Waals surface area contributed by atoms with Crippen molar-refractivity contribution >= 4 is 17.9 Å². The van der Waals surface area contributed by atoms with E-state index in [0.717, 1.165) is 24.3 Å². The molecule has 0 saturated carbocycles. The van der Waals surface area contributed by atoms with Gasteiger partial charge in [-0.05, 0) is 42.0 Å². The van der Waals surface area contributed by atoms with E-state index < -0.39 is 59.3 Å². The number of hydrogen-bond acceptors (Lipinski definition) is 6. The minimum Gasteiger partial charge on any atom is -0.464 e. The molecule has 0 fully saturated rings. The Bertz CT molecular complexity index is 1160. The Morgan fingerprint density at radius 2 is 1.41 bits per heavy atom. The second-order valence-electron chi connectivity index (χ2n) is 8.61. The minimum atomic E-state index is -4.51. The van der Waals surface area contributed by atoms with Gasteiger partial charge in [0.15, 0.2) is 0 Å². The largest absolute Gasteiger partial charge is 0.464 e. The van der Waals surface area contributed by atoms with Crippen molar-refractivity contribution in [2.24, 2.45) is 5.84 Å². The van der Waals surface area contributed by atoms with Gasteiger partial charge in [0.1, 0.15) is 6.10 Å². The van der Waals surface area contributed by atoms with Crippen molar-refractivity contribution in [3.8, 4) is 0 Å². The number of hydrogen-bond donors (Lipinski definition) is 7. The van der Waals surface area contributed by atoms with E-state index in [1.165, 1.54) is 24.3 Å². The Balaban J connectivity index is 0.000000414. The minimum absolute atomic E-state index is 0.0712. The highest BCUT2D eigenvalue weighted by molar-refractivity contribution is 5.81. The van der Waals surface area contributed by atoms with E-state index in [4.69, 9.17) is 16.1 Å². The van der Waals surface area contributed by atoms with E-state index in [-0.39, 0.29) is 30.6 Å². The fourth-order valence-electron chi connectivity index (χ4n) is 3.76. The molecule has 16 heteroatoms. The van der Waals surface area contributed by atoms with Gasteiger partial charge in [0.25, 0.3) is 5.91 Å². The van der Waals surface area contributed by atoms with Gasteiger partial charge in [0.2, 0.25) is 5.91 Å². The summed E-state index contributed by atoms with van der Waals surface area (Å²) in [6.45, 7) is 1.35. The molecule has 3 atom stereocenters. The summed E-state index contributed by atoms with van der Waals surface area (Å²) in [7, 11) is 0. The quantitative estimate of drug-likeness (QED) is 0.101. The molecule has 0 radical (unpaired) electrons. The number of amides is 3. The molecule has 0 aliphatic heterocycles. The van der Waals surface area contributed by atoms with E-state index in [0.29, 0.717) is 6.42 Å². The second kappa shape index (κ2) is 15.8. The summed E-state index contributed by atoms with van der Waals surface area (Å²) in [5, 5.41) is 27.1. The molecule has 0 aliphatic carbocycles. The maximum Gasteiger partial charge on any atom is 0.423 e. The third kappa shape index (κ3) is 11.6. The Morgan fingerprint density at radius 3 is 1.85 bits per heavy atom. The highest BCUT2D eigenvalue weighted by Gasteiger charge is 2.33. The first-order valence-corrected chi connectivity index (χ1v) is 12.0. The average molecular weight is 597 g/mol. The van der Waals surface area contributed by atoms with Gasteiger partial charge in [-0.1, -0.05) is 43.3 Å².